The van der Waals surface area contributed by atoms with E-state index >= 15 is 0 Å². The second-order valence-electron chi connectivity index (χ2n) is 5.07. The maximum Gasteiger partial charge on any atom is 0.251 e. The third-order valence-corrected chi connectivity index (χ3v) is 4.60. The van der Waals surface area contributed by atoms with Crippen molar-refractivity contribution < 1.29 is 4.79 Å². The molecule has 0 aliphatic rings. The van der Waals surface area contributed by atoms with Crippen molar-refractivity contribution in [1.82, 2.24) is 5.32 Å². The van der Waals surface area contributed by atoms with Crippen LogP contribution in [0.25, 0.3) is 0 Å². The number of aryl methyl sites for hydroxylation is 1. The van der Waals surface area contributed by atoms with Crippen LogP contribution in [0.5, 0.6) is 0 Å². The molecule has 0 radical (unpaired) electrons. The molecule has 19 heavy (non-hydrogen) atoms. The molecule has 0 atom stereocenters. The second kappa shape index (κ2) is 7.54. The van der Waals surface area contributed by atoms with E-state index in [-0.39, 0.29) is 11.3 Å². The number of hydrogen-bond donors (Lipinski definition) is 1. The number of rotatable bonds is 7. The normalized spacial score (nSPS) is 11.4. The summed E-state index contributed by atoms with van der Waals surface area (Å²) < 4.78 is 0. The summed E-state index contributed by atoms with van der Waals surface area (Å²) in [6, 6.07) is 7.77. The minimum Gasteiger partial charge on any atom is -0.351 e. The highest BCUT2D eigenvalue weighted by molar-refractivity contribution is 6.18. The van der Waals surface area contributed by atoms with Crippen LogP contribution in [0.3, 0.4) is 0 Å². The first-order valence-corrected chi connectivity index (χ1v) is 7.57. The summed E-state index contributed by atoms with van der Waals surface area (Å²) in [7, 11) is 0. The molecular formula is C16H24ClNO. The van der Waals surface area contributed by atoms with Crippen LogP contribution < -0.4 is 5.32 Å². The van der Waals surface area contributed by atoms with Crippen molar-refractivity contribution in [2.45, 2.75) is 40.0 Å². The molecule has 1 rings (SSSR count). The molecule has 0 unspecified atom stereocenters. The van der Waals surface area contributed by atoms with E-state index in [1.807, 2.05) is 24.3 Å². The quantitative estimate of drug-likeness (QED) is 0.752. The zero-order valence-electron chi connectivity index (χ0n) is 12.1. The third-order valence-electron chi connectivity index (χ3n) is 4.03. The van der Waals surface area contributed by atoms with E-state index in [1.54, 1.807) is 0 Å². The van der Waals surface area contributed by atoms with Crippen LogP contribution in [0.2, 0.25) is 0 Å². The summed E-state index contributed by atoms with van der Waals surface area (Å²) >= 11 is 6.04. The molecule has 0 saturated heterocycles. The fraction of sp³-hybridized carbons (Fsp3) is 0.562. The lowest BCUT2D eigenvalue weighted by Crippen LogP contribution is -2.38. The molecule has 0 aliphatic carbocycles. The predicted octanol–water partition coefficient (Wildman–Crippen LogP) is 4.02. The van der Waals surface area contributed by atoms with Crippen molar-refractivity contribution >= 4 is 17.5 Å². The molecule has 2 nitrogen and oxygen atoms in total. The molecule has 0 aromatic heterocycles. The van der Waals surface area contributed by atoms with Crippen LogP contribution in [0, 0.1) is 5.41 Å². The first-order valence-electron chi connectivity index (χ1n) is 7.04. The fourth-order valence-corrected chi connectivity index (χ4v) is 2.47. The maximum atomic E-state index is 12.1. The number of nitrogens with one attached hydrogen (secondary N) is 1. The van der Waals surface area contributed by atoms with E-state index in [0.717, 1.165) is 19.3 Å². The van der Waals surface area contributed by atoms with Gasteiger partial charge in [0.15, 0.2) is 0 Å². The summed E-state index contributed by atoms with van der Waals surface area (Å²) in [5.74, 6) is 0.564. The van der Waals surface area contributed by atoms with E-state index in [1.165, 1.54) is 5.56 Å². The molecule has 0 spiro atoms. The number of carbonyl (C=O) groups is 1. The minimum absolute atomic E-state index is 0.0145. The van der Waals surface area contributed by atoms with Crippen molar-refractivity contribution in [3.63, 3.8) is 0 Å². The van der Waals surface area contributed by atoms with Gasteiger partial charge in [0.05, 0.1) is 0 Å². The summed E-state index contributed by atoms with van der Waals surface area (Å²) in [5.41, 5.74) is 1.97. The number of benzene rings is 1. The number of carbonyl (C=O) groups excluding carboxylic acids is 1. The Morgan fingerprint density at radius 2 is 1.74 bits per heavy atom. The zero-order valence-corrected chi connectivity index (χ0v) is 12.9. The molecule has 1 aromatic rings. The lowest BCUT2D eigenvalue weighted by atomic mass is 9.84. The number of halogens is 1. The Morgan fingerprint density at radius 1 is 1.16 bits per heavy atom. The molecule has 0 heterocycles. The van der Waals surface area contributed by atoms with Crippen LogP contribution in [0.1, 0.15) is 49.5 Å². The van der Waals surface area contributed by atoms with Gasteiger partial charge in [-0.2, -0.15) is 0 Å². The molecular weight excluding hydrogens is 258 g/mol. The zero-order chi connectivity index (χ0) is 14.3. The van der Waals surface area contributed by atoms with Gasteiger partial charge in [-0.05, 0) is 37.0 Å². The summed E-state index contributed by atoms with van der Waals surface area (Å²) in [5, 5.41) is 3.01. The van der Waals surface area contributed by atoms with Crippen molar-refractivity contribution in [3.8, 4) is 0 Å². The minimum atomic E-state index is -0.0148. The number of hydrogen-bond acceptors (Lipinski definition) is 1. The van der Waals surface area contributed by atoms with Crippen LogP contribution in [-0.4, -0.2) is 18.3 Å². The first-order chi connectivity index (χ1) is 9.10. The monoisotopic (exact) mass is 281 g/mol. The standard InChI is InChI=1S/C16H24ClNO/c1-4-13-7-9-14(10-8-13)15(19)18-12-16(5-2,6-3)11-17/h7-10H,4-6,11-12H2,1-3H3,(H,18,19). The Bertz CT molecular complexity index is 387. The Morgan fingerprint density at radius 3 is 2.16 bits per heavy atom. The van der Waals surface area contributed by atoms with E-state index in [9.17, 15) is 4.79 Å². The van der Waals surface area contributed by atoms with Gasteiger partial charge in [0.25, 0.3) is 5.91 Å². The SMILES string of the molecule is CCc1ccc(C(=O)NCC(CC)(CC)CCl)cc1. The third kappa shape index (κ3) is 4.24. The number of alkyl halides is 1. The van der Waals surface area contributed by atoms with Gasteiger partial charge in [0.1, 0.15) is 0 Å². The molecule has 0 bridgehead atoms. The van der Waals surface area contributed by atoms with E-state index in [4.69, 9.17) is 11.6 Å². The molecule has 0 saturated carbocycles. The molecule has 1 amide bonds. The highest BCUT2D eigenvalue weighted by atomic mass is 35.5. The van der Waals surface area contributed by atoms with Gasteiger partial charge < -0.3 is 5.32 Å². The Balaban J connectivity index is 2.63. The molecule has 1 N–H and O–H groups in total. The van der Waals surface area contributed by atoms with Gasteiger partial charge in [-0.1, -0.05) is 32.9 Å². The van der Waals surface area contributed by atoms with Crippen molar-refractivity contribution in [3.05, 3.63) is 35.4 Å². The first kappa shape index (κ1) is 16.0. The van der Waals surface area contributed by atoms with Crippen LogP contribution in [-0.2, 0) is 6.42 Å². The summed E-state index contributed by atoms with van der Waals surface area (Å²) in [6.07, 6.45) is 2.94. The Kier molecular flexibility index (Phi) is 6.36. The molecule has 3 heteroatoms. The van der Waals surface area contributed by atoms with E-state index < -0.39 is 0 Å². The summed E-state index contributed by atoms with van der Waals surface area (Å²) in [6.45, 7) is 6.98. The lowest BCUT2D eigenvalue weighted by Gasteiger charge is -2.29. The van der Waals surface area contributed by atoms with Gasteiger partial charge in [-0.15, -0.1) is 11.6 Å². The summed E-state index contributed by atoms with van der Waals surface area (Å²) in [4.78, 5) is 12.1. The van der Waals surface area contributed by atoms with E-state index in [0.29, 0.717) is 18.0 Å². The highest BCUT2D eigenvalue weighted by Gasteiger charge is 2.25. The lowest BCUT2D eigenvalue weighted by molar-refractivity contribution is 0.0932. The van der Waals surface area contributed by atoms with Gasteiger partial charge in [-0.25, -0.2) is 0 Å². The average molecular weight is 282 g/mol. The number of amides is 1. The Labute approximate surface area is 121 Å². The Hall–Kier alpha value is -1.02. The van der Waals surface area contributed by atoms with Crippen LogP contribution in [0.4, 0.5) is 0 Å². The fourth-order valence-electron chi connectivity index (χ4n) is 2.00. The predicted molar refractivity (Wildman–Crippen MR) is 81.9 cm³/mol. The van der Waals surface area contributed by atoms with Crippen LogP contribution >= 0.6 is 11.6 Å². The topological polar surface area (TPSA) is 29.1 Å². The molecule has 1 aromatic carbocycles. The largest absolute Gasteiger partial charge is 0.351 e. The van der Waals surface area contributed by atoms with Gasteiger partial charge in [0.2, 0.25) is 0 Å². The highest BCUT2D eigenvalue weighted by Crippen LogP contribution is 2.27. The van der Waals surface area contributed by atoms with Crippen LogP contribution in [0.15, 0.2) is 24.3 Å². The van der Waals surface area contributed by atoms with Gasteiger partial charge in [-0.3, -0.25) is 4.79 Å². The average Bonchev–Trinajstić information content (AvgIpc) is 2.49. The van der Waals surface area contributed by atoms with Crippen molar-refractivity contribution in [2.75, 3.05) is 12.4 Å². The smallest absolute Gasteiger partial charge is 0.251 e. The van der Waals surface area contributed by atoms with Crippen molar-refractivity contribution in [1.29, 1.82) is 0 Å². The molecule has 0 aliphatic heterocycles. The molecule has 106 valence electrons. The van der Waals surface area contributed by atoms with Gasteiger partial charge in [0, 0.05) is 23.4 Å². The van der Waals surface area contributed by atoms with Gasteiger partial charge >= 0.3 is 0 Å². The second-order valence-corrected chi connectivity index (χ2v) is 5.34. The maximum absolute atomic E-state index is 12.1. The van der Waals surface area contributed by atoms with Crippen molar-refractivity contribution in [2.24, 2.45) is 5.41 Å². The van der Waals surface area contributed by atoms with E-state index in [2.05, 4.69) is 26.1 Å². The molecule has 0 fully saturated rings.